The zero-order valence-corrected chi connectivity index (χ0v) is 18.0. The molecule has 0 unspecified atom stereocenters. The molecule has 1 fully saturated rings. The van der Waals surface area contributed by atoms with Crippen LogP contribution in [0.4, 0.5) is 0 Å². The Morgan fingerprint density at radius 1 is 0.935 bits per heavy atom. The highest BCUT2D eigenvalue weighted by atomic mass is 16.2. The largest absolute Gasteiger partial charge is 0.331 e. The molecule has 2 heterocycles. The van der Waals surface area contributed by atoms with E-state index < -0.39 is 0 Å². The fourth-order valence-corrected chi connectivity index (χ4v) is 4.29. The molecule has 0 aliphatic carbocycles. The monoisotopic (exact) mass is 419 g/mol. The number of para-hydroxylation sites is 1. The summed E-state index contributed by atoms with van der Waals surface area (Å²) in [7, 11) is 0. The number of carbonyl (C=O) groups is 1. The summed E-state index contributed by atoms with van der Waals surface area (Å²) in [6, 6.07) is 18.0. The van der Waals surface area contributed by atoms with Gasteiger partial charge in [0.05, 0.1) is 43.4 Å². The molecular formula is C25H31N4O2+. The summed E-state index contributed by atoms with van der Waals surface area (Å²) in [5, 5.41) is 0.661. The Balaban J connectivity index is 1.15. The van der Waals surface area contributed by atoms with Crippen LogP contribution in [0, 0.1) is 0 Å². The highest BCUT2D eigenvalue weighted by Gasteiger charge is 2.23. The summed E-state index contributed by atoms with van der Waals surface area (Å²) in [5.41, 5.74) is 2.11. The standard InChI is InChI=1S/C25H30N4O2/c30-24(28-17-15-27(16-18-28)19-21-9-3-1-4-10-21)13-5-2-8-14-29-20-26-23-12-7-6-11-22(23)25(29)31/h1,3-4,6-7,9-12,20H,2,5,8,13-19H2/p+1. The van der Waals surface area contributed by atoms with Crippen LogP contribution >= 0.6 is 0 Å². The molecule has 1 aromatic heterocycles. The van der Waals surface area contributed by atoms with E-state index in [0.29, 0.717) is 18.4 Å². The predicted molar refractivity (Wildman–Crippen MR) is 122 cm³/mol. The molecule has 162 valence electrons. The third-order valence-corrected chi connectivity index (χ3v) is 6.14. The Morgan fingerprint density at radius 2 is 1.68 bits per heavy atom. The van der Waals surface area contributed by atoms with E-state index in [1.165, 1.54) is 5.56 Å². The molecule has 0 bridgehead atoms. The third kappa shape index (κ3) is 5.58. The van der Waals surface area contributed by atoms with Crippen LogP contribution in [0.3, 0.4) is 0 Å². The van der Waals surface area contributed by atoms with Crippen molar-refractivity contribution in [3.63, 3.8) is 0 Å². The lowest BCUT2D eigenvalue weighted by molar-refractivity contribution is -0.917. The lowest BCUT2D eigenvalue weighted by Crippen LogP contribution is -3.13. The van der Waals surface area contributed by atoms with E-state index >= 15 is 0 Å². The summed E-state index contributed by atoms with van der Waals surface area (Å²) in [4.78, 5) is 33.0. The van der Waals surface area contributed by atoms with Crippen molar-refractivity contribution in [2.24, 2.45) is 0 Å². The number of amides is 1. The van der Waals surface area contributed by atoms with Crippen molar-refractivity contribution >= 4 is 16.8 Å². The van der Waals surface area contributed by atoms with Crippen LogP contribution in [0.1, 0.15) is 31.2 Å². The molecule has 4 rings (SSSR count). The molecule has 0 atom stereocenters. The minimum Gasteiger partial charge on any atom is -0.331 e. The third-order valence-electron chi connectivity index (χ3n) is 6.14. The highest BCUT2D eigenvalue weighted by molar-refractivity contribution is 5.77. The molecule has 31 heavy (non-hydrogen) atoms. The van der Waals surface area contributed by atoms with Gasteiger partial charge in [-0.15, -0.1) is 0 Å². The maximum atomic E-state index is 12.5. The number of fused-ring (bicyclic) bond motifs is 1. The van der Waals surface area contributed by atoms with Gasteiger partial charge in [0.1, 0.15) is 6.54 Å². The second-order valence-electron chi connectivity index (χ2n) is 8.36. The number of piperazine rings is 1. The number of nitrogens with one attached hydrogen (secondary N) is 1. The van der Waals surface area contributed by atoms with Crippen molar-refractivity contribution in [1.29, 1.82) is 0 Å². The summed E-state index contributed by atoms with van der Waals surface area (Å²) in [5.74, 6) is 0.267. The molecule has 1 aliphatic heterocycles. The highest BCUT2D eigenvalue weighted by Crippen LogP contribution is 2.08. The molecule has 3 aromatic rings. The molecular weight excluding hydrogens is 388 g/mol. The van der Waals surface area contributed by atoms with E-state index in [1.807, 2.05) is 35.2 Å². The first kappa shape index (κ1) is 21.2. The predicted octanol–water partition coefficient (Wildman–Crippen LogP) is 1.88. The van der Waals surface area contributed by atoms with Gasteiger partial charge in [-0.3, -0.25) is 14.2 Å². The first-order chi connectivity index (χ1) is 15.2. The molecule has 1 amide bonds. The van der Waals surface area contributed by atoms with Gasteiger partial charge in [-0.05, 0) is 25.0 Å². The van der Waals surface area contributed by atoms with Gasteiger partial charge in [0.15, 0.2) is 0 Å². The number of aromatic nitrogens is 2. The van der Waals surface area contributed by atoms with Crippen LogP contribution < -0.4 is 10.5 Å². The molecule has 6 nitrogen and oxygen atoms in total. The summed E-state index contributed by atoms with van der Waals surface area (Å²) < 4.78 is 1.68. The number of hydrogen-bond acceptors (Lipinski definition) is 3. The number of aryl methyl sites for hydroxylation is 1. The first-order valence-corrected chi connectivity index (χ1v) is 11.3. The maximum Gasteiger partial charge on any atom is 0.261 e. The lowest BCUT2D eigenvalue weighted by atomic mass is 10.1. The van der Waals surface area contributed by atoms with E-state index in [4.69, 9.17) is 0 Å². The smallest absolute Gasteiger partial charge is 0.261 e. The number of nitrogens with zero attached hydrogens (tertiary/aromatic N) is 3. The van der Waals surface area contributed by atoms with Crippen molar-refractivity contribution in [3.8, 4) is 0 Å². The Labute approximate surface area is 183 Å². The van der Waals surface area contributed by atoms with Gasteiger partial charge >= 0.3 is 0 Å². The first-order valence-electron chi connectivity index (χ1n) is 11.3. The SMILES string of the molecule is O=C(CCCCCn1cnc2ccccc2c1=O)N1CC[NH+](Cc2ccccc2)CC1. The molecule has 1 aliphatic rings. The Bertz CT molecular complexity index is 1060. The van der Waals surface area contributed by atoms with Crippen LogP contribution in [-0.4, -0.2) is 46.5 Å². The molecule has 6 heteroatoms. The Kier molecular flexibility index (Phi) is 7.10. The van der Waals surface area contributed by atoms with Crippen molar-refractivity contribution < 1.29 is 9.69 Å². The minimum atomic E-state index is 0.0116. The number of unbranched alkanes of at least 4 members (excludes halogenated alkanes) is 2. The van der Waals surface area contributed by atoms with Gasteiger partial charge in [-0.25, -0.2) is 4.98 Å². The average molecular weight is 420 g/mol. The van der Waals surface area contributed by atoms with Gasteiger partial charge in [0.25, 0.3) is 5.56 Å². The van der Waals surface area contributed by atoms with E-state index in [-0.39, 0.29) is 11.5 Å². The van der Waals surface area contributed by atoms with E-state index in [9.17, 15) is 9.59 Å². The molecule has 1 saturated heterocycles. The Hall–Kier alpha value is -2.99. The van der Waals surface area contributed by atoms with Crippen molar-refractivity contribution in [3.05, 3.63) is 76.8 Å². The number of carbonyl (C=O) groups excluding carboxylic acids is 1. The maximum absolute atomic E-state index is 12.5. The topological polar surface area (TPSA) is 59.6 Å². The fraction of sp³-hybridized carbons (Fsp3) is 0.400. The van der Waals surface area contributed by atoms with Crippen molar-refractivity contribution in [2.45, 2.75) is 38.8 Å². The number of hydrogen-bond donors (Lipinski definition) is 1. The second-order valence-corrected chi connectivity index (χ2v) is 8.36. The van der Waals surface area contributed by atoms with Crippen molar-refractivity contribution in [1.82, 2.24) is 14.5 Å². The molecule has 0 radical (unpaired) electrons. The Morgan fingerprint density at radius 3 is 2.48 bits per heavy atom. The number of quaternary nitrogens is 1. The summed E-state index contributed by atoms with van der Waals surface area (Å²) in [6.07, 6.45) is 4.91. The minimum absolute atomic E-state index is 0.0116. The van der Waals surface area contributed by atoms with Gasteiger partial charge in [0.2, 0.25) is 5.91 Å². The van der Waals surface area contributed by atoms with Gasteiger partial charge < -0.3 is 9.80 Å². The zero-order chi connectivity index (χ0) is 21.5. The van der Waals surface area contributed by atoms with E-state index in [0.717, 1.165) is 57.5 Å². The quantitative estimate of drug-likeness (QED) is 0.567. The van der Waals surface area contributed by atoms with Crippen LogP contribution in [0.25, 0.3) is 10.9 Å². The van der Waals surface area contributed by atoms with Gasteiger partial charge in [-0.1, -0.05) is 48.9 Å². The van der Waals surface area contributed by atoms with Crippen LogP contribution in [0.15, 0.2) is 65.7 Å². The number of benzene rings is 2. The molecule has 1 N–H and O–H groups in total. The zero-order valence-electron chi connectivity index (χ0n) is 18.0. The van der Waals surface area contributed by atoms with Crippen LogP contribution in [0.5, 0.6) is 0 Å². The fourth-order valence-electron chi connectivity index (χ4n) is 4.29. The molecule has 0 saturated carbocycles. The number of rotatable bonds is 8. The van der Waals surface area contributed by atoms with Crippen LogP contribution in [0.2, 0.25) is 0 Å². The van der Waals surface area contributed by atoms with Crippen LogP contribution in [-0.2, 0) is 17.9 Å². The van der Waals surface area contributed by atoms with Crippen molar-refractivity contribution in [2.75, 3.05) is 26.2 Å². The normalized spacial score (nSPS) is 14.8. The summed E-state index contributed by atoms with van der Waals surface area (Å²) in [6.45, 7) is 5.40. The van der Waals surface area contributed by atoms with Gasteiger partial charge in [-0.2, -0.15) is 0 Å². The second kappa shape index (κ2) is 10.4. The van der Waals surface area contributed by atoms with Gasteiger partial charge in [0, 0.05) is 18.5 Å². The molecule has 0 spiro atoms. The average Bonchev–Trinajstić information content (AvgIpc) is 2.81. The van der Waals surface area contributed by atoms with E-state index in [2.05, 4.69) is 29.2 Å². The van der Waals surface area contributed by atoms with E-state index in [1.54, 1.807) is 15.8 Å². The molecule has 2 aromatic carbocycles. The summed E-state index contributed by atoms with van der Waals surface area (Å²) >= 11 is 0. The lowest BCUT2D eigenvalue weighted by Gasteiger charge is -2.32.